The molecule has 4 fully saturated rings. The van der Waals surface area contributed by atoms with Crippen LogP contribution in [0.4, 0.5) is 0 Å². The molecule has 2 heterocycles. The van der Waals surface area contributed by atoms with Crippen LogP contribution in [-0.2, 0) is 9.59 Å². The number of hydrogen-bond donors (Lipinski definition) is 2. The summed E-state index contributed by atoms with van der Waals surface area (Å²) in [5, 5.41) is 7.12. The van der Waals surface area contributed by atoms with Crippen LogP contribution in [0.3, 0.4) is 0 Å². The summed E-state index contributed by atoms with van der Waals surface area (Å²) >= 11 is 6.40. The molecular weight excluding hydrogens is 410 g/mol. The van der Waals surface area contributed by atoms with Crippen LogP contribution < -0.4 is 10.6 Å². The maximum absolute atomic E-state index is 13.4. The van der Waals surface area contributed by atoms with Crippen molar-refractivity contribution in [3.63, 3.8) is 0 Å². The second kappa shape index (κ2) is 9.59. The van der Waals surface area contributed by atoms with Crippen LogP contribution in [0, 0.1) is 35.5 Å². The fourth-order valence-electron chi connectivity index (χ4n) is 7.15. The van der Waals surface area contributed by atoms with Crippen molar-refractivity contribution in [3.8, 4) is 0 Å². The van der Waals surface area contributed by atoms with Gasteiger partial charge in [-0.25, -0.2) is 0 Å². The van der Waals surface area contributed by atoms with E-state index in [1.807, 2.05) is 7.05 Å². The Kier molecular flexibility index (Phi) is 7.22. The molecule has 5 nitrogen and oxygen atoms in total. The highest BCUT2D eigenvalue weighted by molar-refractivity contribution is 6.20. The quantitative estimate of drug-likeness (QED) is 0.641. The number of nitrogens with one attached hydrogen (secondary N) is 2. The van der Waals surface area contributed by atoms with Crippen molar-refractivity contribution in [2.24, 2.45) is 35.5 Å². The van der Waals surface area contributed by atoms with Crippen molar-refractivity contribution in [3.05, 3.63) is 0 Å². The molecule has 2 amide bonds. The zero-order valence-corrected chi connectivity index (χ0v) is 20.5. The predicted molar refractivity (Wildman–Crippen MR) is 125 cm³/mol. The molecule has 176 valence electrons. The minimum absolute atomic E-state index is 0.0440. The van der Waals surface area contributed by atoms with Gasteiger partial charge < -0.3 is 15.5 Å². The van der Waals surface area contributed by atoms with E-state index in [9.17, 15) is 9.59 Å². The van der Waals surface area contributed by atoms with Gasteiger partial charge in [-0.3, -0.25) is 9.59 Å². The van der Waals surface area contributed by atoms with Gasteiger partial charge in [-0.1, -0.05) is 13.8 Å². The number of carbonyl (C=O) groups is 2. The second-order valence-electron chi connectivity index (χ2n) is 11.4. The van der Waals surface area contributed by atoms with Gasteiger partial charge in [-0.2, -0.15) is 0 Å². The van der Waals surface area contributed by atoms with Gasteiger partial charge in [0.1, 0.15) is 0 Å². The summed E-state index contributed by atoms with van der Waals surface area (Å²) in [7, 11) is 2.02. The zero-order chi connectivity index (χ0) is 22.3. The molecule has 10 atom stereocenters. The van der Waals surface area contributed by atoms with E-state index in [1.54, 1.807) is 0 Å². The molecule has 6 heteroatoms. The third-order valence-electron chi connectivity index (χ3n) is 8.96. The highest BCUT2D eigenvalue weighted by Crippen LogP contribution is 2.43. The number of hydrogen-bond acceptors (Lipinski definition) is 3. The van der Waals surface area contributed by atoms with Crippen LogP contribution in [0.2, 0.25) is 0 Å². The van der Waals surface area contributed by atoms with Gasteiger partial charge >= 0.3 is 0 Å². The van der Waals surface area contributed by atoms with Gasteiger partial charge in [0, 0.05) is 48.9 Å². The Morgan fingerprint density at radius 1 is 1.06 bits per heavy atom. The van der Waals surface area contributed by atoms with Gasteiger partial charge in [-0.05, 0) is 82.0 Å². The molecule has 0 spiro atoms. The van der Waals surface area contributed by atoms with Crippen molar-refractivity contribution >= 4 is 23.4 Å². The average Bonchev–Trinajstić information content (AvgIpc) is 2.72. The van der Waals surface area contributed by atoms with E-state index in [1.165, 1.54) is 0 Å². The van der Waals surface area contributed by atoms with Gasteiger partial charge in [0.25, 0.3) is 0 Å². The summed E-state index contributed by atoms with van der Waals surface area (Å²) in [5.74, 6) is 2.63. The van der Waals surface area contributed by atoms with E-state index in [0.29, 0.717) is 41.7 Å². The molecule has 4 rings (SSSR count). The van der Waals surface area contributed by atoms with E-state index in [2.05, 4.69) is 36.3 Å². The van der Waals surface area contributed by atoms with Gasteiger partial charge in [0.15, 0.2) is 0 Å². The summed E-state index contributed by atoms with van der Waals surface area (Å²) in [6.07, 6.45) is 7.86. The first-order chi connectivity index (χ1) is 14.7. The molecule has 4 aliphatic rings. The first-order valence-electron chi connectivity index (χ1n) is 12.7. The van der Waals surface area contributed by atoms with Crippen LogP contribution in [0.5, 0.6) is 0 Å². The predicted octanol–water partition coefficient (Wildman–Crippen LogP) is 3.80. The molecule has 10 unspecified atom stereocenters. The lowest BCUT2D eigenvalue weighted by atomic mass is 9.65. The largest absolute Gasteiger partial charge is 0.353 e. The highest BCUT2D eigenvalue weighted by Gasteiger charge is 2.47. The van der Waals surface area contributed by atoms with Crippen molar-refractivity contribution in [2.45, 2.75) is 95.6 Å². The summed E-state index contributed by atoms with van der Waals surface area (Å²) in [5.41, 5.74) is 0. The molecule has 0 bridgehead atoms. The number of piperidine rings is 2. The van der Waals surface area contributed by atoms with Gasteiger partial charge in [0.2, 0.25) is 11.8 Å². The van der Waals surface area contributed by atoms with Crippen molar-refractivity contribution < 1.29 is 9.59 Å². The topological polar surface area (TPSA) is 61.4 Å². The van der Waals surface area contributed by atoms with Crippen molar-refractivity contribution in [1.82, 2.24) is 15.5 Å². The highest BCUT2D eigenvalue weighted by atomic mass is 35.5. The van der Waals surface area contributed by atoms with Crippen LogP contribution in [0.15, 0.2) is 0 Å². The fraction of sp³-hybridized carbons (Fsp3) is 0.920. The number of fused-ring (bicyclic) bond motifs is 1. The summed E-state index contributed by atoms with van der Waals surface area (Å²) in [6.45, 7) is 7.74. The summed E-state index contributed by atoms with van der Waals surface area (Å²) < 4.78 is 0. The number of alkyl halides is 1. The fourth-order valence-corrected chi connectivity index (χ4v) is 7.67. The molecule has 0 aromatic carbocycles. The molecule has 2 aliphatic carbocycles. The molecule has 2 aliphatic heterocycles. The van der Waals surface area contributed by atoms with Crippen molar-refractivity contribution in [1.29, 1.82) is 0 Å². The second-order valence-corrected chi connectivity index (χ2v) is 12.0. The van der Waals surface area contributed by atoms with E-state index in [4.69, 9.17) is 11.6 Å². The zero-order valence-electron chi connectivity index (χ0n) is 19.8. The van der Waals surface area contributed by atoms with E-state index in [0.717, 1.165) is 57.9 Å². The summed E-state index contributed by atoms with van der Waals surface area (Å²) in [4.78, 5) is 28.5. The lowest BCUT2D eigenvalue weighted by molar-refractivity contribution is -0.148. The van der Waals surface area contributed by atoms with Crippen LogP contribution in [0.25, 0.3) is 0 Å². The molecule has 0 aromatic rings. The Morgan fingerprint density at radius 3 is 2.58 bits per heavy atom. The number of rotatable bonds is 3. The SMILES string of the molecule is CC1CC(Cl)CC(C(=O)NC2CCC(C)C(C3CC4CNC(C)CC4N(C)C3=O)C2)C1. The van der Waals surface area contributed by atoms with Crippen LogP contribution in [0.1, 0.15) is 72.1 Å². The normalized spacial score (nSPS) is 46.4. The molecular formula is C25H42ClN3O2. The minimum atomic E-state index is 0.0440. The molecule has 2 saturated heterocycles. The Labute approximate surface area is 193 Å². The third-order valence-corrected chi connectivity index (χ3v) is 9.32. The first-order valence-corrected chi connectivity index (χ1v) is 13.1. The van der Waals surface area contributed by atoms with Gasteiger partial charge in [0.05, 0.1) is 0 Å². The van der Waals surface area contributed by atoms with Crippen LogP contribution in [-0.4, -0.2) is 53.8 Å². The van der Waals surface area contributed by atoms with Crippen LogP contribution >= 0.6 is 11.6 Å². The van der Waals surface area contributed by atoms with Crippen molar-refractivity contribution in [2.75, 3.05) is 13.6 Å². The van der Waals surface area contributed by atoms with E-state index >= 15 is 0 Å². The number of halogens is 1. The number of likely N-dealkylation sites (tertiary alicyclic amines) is 1. The maximum Gasteiger partial charge on any atom is 0.225 e. The number of amides is 2. The molecule has 0 radical (unpaired) electrons. The lowest BCUT2D eigenvalue weighted by Crippen LogP contribution is -2.60. The number of nitrogens with zero attached hydrogens (tertiary/aromatic N) is 1. The average molecular weight is 452 g/mol. The Bertz CT molecular complexity index is 663. The maximum atomic E-state index is 13.4. The molecule has 31 heavy (non-hydrogen) atoms. The Balaban J connectivity index is 1.39. The van der Waals surface area contributed by atoms with E-state index < -0.39 is 0 Å². The molecule has 0 aromatic heterocycles. The lowest BCUT2D eigenvalue weighted by Gasteiger charge is -2.50. The Morgan fingerprint density at radius 2 is 1.84 bits per heavy atom. The molecule has 2 N–H and O–H groups in total. The monoisotopic (exact) mass is 451 g/mol. The smallest absolute Gasteiger partial charge is 0.225 e. The summed E-state index contributed by atoms with van der Waals surface area (Å²) in [6, 6.07) is 1.06. The Hall–Kier alpha value is -0.810. The molecule has 2 saturated carbocycles. The standard InChI is InChI=1S/C25H42ClN3O2/c1-14-7-17(10-19(26)8-14)24(30)28-20-6-5-15(2)21(12-20)22-11-18-13-27-16(3)9-23(18)29(4)25(22)31/h14-23,27H,5-13H2,1-4H3,(H,28,30). The van der Waals surface area contributed by atoms with Gasteiger partial charge in [-0.15, -0.1) is 11.6 Å². The van der Waals surface area contributed by atoms with E-state index in [-0.39, 0.29) is 29.2 Å². The first kappa shape index (κ1) is 23.4. The number of carbonyl (C=O) groups excluding carboxylic acids is 2. The minimum Gasteiger partial charge on any atom is -0.353 e. The third kappa shape index (κ3) is 5.08.